The molecule has 47 heavy (non-hydrogen) atoms. The van der Waals surface area contributed by atoms with Crippen LogP contribution in [0.5, 0.6) is 0 Å². The summed E-state index contributed by atoms with van der Waals surface area (Å²) in [6.07, 6.45) is 55.7. The zero-order valence-corrected chi connectivity index (χ0v) is 31.9. The Morgan fingerprint density at radius 3 is 1.17 bits per heavy atom. The van der Waals surface area contributed by atoms with Gasteiger partial charge in [-0.05, 0) is 51.4 Å². The van der Waals surface area contributed by atoms with Crippen LogP contribution in [0.1, 0.15) is 238 Å². The number of carbonyl (C=O) groups is 1. The van der Waals surface area contributed by atoms with Crippen LogP contribution in [0.25, 0.3) is 0 Å². The second kappa shape index (κ2) is 42.9. The summed E-state index contributed by atoms with van der Waals surface area (Å²) in [6, 6.07) is 0. The van der Waals surface area contributed by atoms with E-state index in [1.54, 1.807) is 0 Å². The summed E-state index contributed by atoms with van der Waals surface area (Å²) >= 11 is 0. The third kappa shape index (κ3) is 42.9. The van der Waals surface area contributed by atoms with Crippen LogP contribution in [0, 0.1) is 0 Å². The predicted octanol–water partition coefficient (Wildman–Crippen LogP) is 14.7. The highest BCUT2D eigenvalue weighted by molar-refractivity contribution is 5.69. The second-order valence-corrected chi connectivity index (χ2v) is 14.4. The number of hydrogen-bond donors (Lipinski definition) is 1. The molecule has 0 aliphatic rings. The maximum Gasteiger partial charge on any atom is 0.305 e. The summed E-state index contributed by atoms with van der Waals surface area (Å²) in [7, 11) is 0. The normalized spacial score (nSPS) is 11.8. The lowest BCUT2D eigenvalue weighted by atomic mass is 10.0. The summed E-state index contributed by atoms with van der Waals surface area (Å²) in [4.78, 5) is 12.0. The van der Waals surface area contributed by atoms with Crippen LogP contribution in [0.2, 0.25) is 0 Å². The average Bonchev–Trinajstić information content (AvgIpc) is 3.08. The Morgan fingerprint density at radius 1 is 0.426 bits per heavy atom. The van der Waals surface area contributed by atoms with E-state index in [4.69, 9.17) is 9.84 Å². The topological polar surface area (TPSA) is 46.5 Å². The molecule has 0 saturated carbocycles. The van der Waals surface area contributed by atoms with Gasteiger partial charge in [-0.3, -0.25) is 4.79 Å². The molecule has 0 unspecified atom stereocenters. The van der Waals surface area contributed by atoms with Gasteiger partial charge in [-0.2, -0.15) is 0 Å². The number of esters is 1. The molecule has 0 spiro atoms. The molecule has 0 aromatic rings. The number of carbonyl (C=O) groups excluding carboxylic acids is 1. The number of ether oxygens (including phenoxy) is 1. The first-order valence-electron chi connectivity index (χ1n) is 21.4. The van der Waals surface area contributed by atoms with Crippen molar-refractivity contribution in [1.82, 2.24) is 0 Å². The third-order valence-corrected chi connectivity index (χ3v) is 9.65. The highest BCUT2D eigenvalue weighted by atomic mass is 16.5. The Hall–Kier alpha value is -1.09. The molecule has 3 heteroatoms. The molecule has 0 atom stereocenters. The van der Waals surface area contributed by atoms with E-state index in [0.717, 1.165) is 32.1 Å². The van der Waals surface area contributed by atoms with Gasteiger partial charge in [0.25, 0.3) is 0 Å². The minimum atomic E-state index is 0.00916. The van der Waals surface area contributed by atoms with Gasteiger partial charge in [-0.1, -0.05) is 205 Å². The molecule has 0 saturated heterocycles. The number of aliphatic hydroxyl groups is 1. The average molecular weight is 661 g/mol. The summed E-state index contributed by atoms with van der Waals surface area (Å²) < 4.78 is 5.45. The first kappa shape index (κ1) is 45.9. The summed E-state index contributed by atoms with van der Waals surface area (Å²) in [5, 5.41) is 8.80. The fourth-order valence-corrected chi connectivity index (χ4v) is 6.44. The molecule has 1 N–H and O–H groups in total. The zero-order chi connectivity index (χ0) is 34.0. The fourth-order valence-electron chi connectivity index (χ4n) is 6.44. The van der Waals surface area contributed by atoms with Crippen molar-refractivity contribution < 1.29 is 14.6 Å². The maximum atomic E-state index is 12.0. The summed E-state index contributed by atoms with van der Waals surface area (Å²) in [6.45, 7) is 3.24. The molecule has 278 valence electrons. The van der Waals surface area contributed by atoms with E-state index in [1.165, 1.54) is 193 Å². The van der Waals surface area contributed by atoms with Gasteiger partial charge in [0.15, 0.2) is 0 Å². The molecule has 0 aliphatic heterocycles. The van der Waals surface area contributed by atoms with E-state index in [-0.39, 0.29) is 5.97 Å². The van der Waals surface area contributed by atoms with Crippen LogP contribution in [0.3, 0.4) is 0 Å². The van der Waals surface area contributed by atoms with Gasteiger partial charge >= 0.3 is 5.97 Å². The van der Waals surface area contributed by atoms with Crippen molar-refractivity contribution in [1.29, 1.82) is 0 Å². The van der Waals surface area contributed by atoms with E-state index in [1.807, 2.05) is 0 Å². The molecule has 0 heterocycles. The van der Waals surface area contributed by atoms with Crippen molar-refractivity contribution in [3.8, 4) is 0 Å². The molecular formula is C44H84O3. The smallest absolute Gasteiger partial charge is 0.305 e. The second-order valence-electron chi connectivity index (χ2n) is 14.4. The van der Waals surface area contributed by atoms with E-state index in [0.29, 0.717) is 19.6 Å². The Balaban J connectivity index is 3.18. The molecule has 0 aromatic heterocycles. The van der Waals surface area contributed by atoms with Gasteiger partial charge in [-0.15, -0.1) is 0 Å². The van der Waals surface area contributed by atoms with Crippen LogP contribution >= 0.6 is 0 Å². The predicted molar refractivity (Wildman–Crippen MR) is 208 cm³/mol. The highest BCUT2D eigenvalue weighted by Crippen LogP contribution is 2.16. The molecule has 0 rings (SSSR count). The van der Waals surface area contributed by atoms with Gasteiger partial charge in [0.05, 0.1) is 6.61 Å². The molecule has 0 bridgehead atoms. The Bertz CT molecular complexity index is 640. The monoisotopic (exact) mass is 661 g/mol. The molecule has 3 nitrogen and oxygen atoms in total. The maximum absolute atomic E-state index is 12.0. The number of hydrogen-bond acceptors (Lipinski definition) is 3. The lowest BCUT2D eigenvalue weighted by Gasteiger charge is -2.06. The Labute approximate surface area is 295 Å². The van der Waals surface area contributed by atoms with E-state index in [9.17, 15) is 4.79 Å². The molecule has 0 amide bonds. The molecular weight excluding hydrogens is 576 g/mol. The van der Waals surface area contributed by atoms with E-state index in [2.05, 4.69) is 31.2 Å². The minimum Gasteiger partial charge on any atom is -0.466 e. The van der Waals surface area contributed by atoms with Gasteiger partial charge < -0.3 is 9.84 Å². The van der Waals surface area contributed by atoms with Crippen LogP contribution < -0.4 is 0 Å². The first-order valence-corrected chi connectivity index (χ1v) is 21.4. The lowest BCUT2D eigenvalue weighted by molar-refractivity contribution is -0.143. The summed E-state index contributed by atoms with van der Waals surface area (Å²) in [5.41, 5.74) is 0. The van der Waals surface area contributed by atoms with Gasteiger partial charge in [-0.25, -0.2) is 0 Å². The van der Waals surface area contributed by atoms with Crippen molar-refractivity contribution in [2.75, 3.05) is 13.2 Å². The largest absolute Gasteiger partial charge is 0.466 e. The highest BCUT2D eigenvalue weighted by Gasteiger charge is 2.02. The van der Waals surface area contributed by atoms with Crippen molar-refractivity contribution in [2.24, 2.45) is 0 Å². The van der Waals surface area contributed by atoms with Gasteiger partial charge in [0.1, 0.15) is 0 Å². The number of unbranched alkanes of at least 4 members (excludes halogenated alkanes) is 31. The third-order valence-electron chi connectivity index (χ3n) is 9.65. The quantitative estimate of drug-likeness (QED) is 0.0404. The minimum absolute atomic E-state index is 0.00916. The number of allylic oxidation sites excluding steroid dienone is 4. The number of rotatable bonds is 40. The Morgan fingerprint density at radius 2 is 0.766 bits per heavy atom. The Kier molecular flexibility index (Phi) is 41.9. The van der Waals surface area contributed by atoms with Crippen LogP contribution in [0.4, 0.5) is 0 Å². The van der Waals surface area contributed by atoms with E-state index >= 15 is 0 Å². The van der Waals surface area contributed by atoms with Crippen molar-refractivity contribution in [2.45, 2.75) is 238 Å². The zero-order valence-electron chi connectivity index (χ0n) is 31.9. The number of aliphatic hydroxyl groups excluding tert-OH is 1. The molecule has 0 aromatic carbocycles. The molecule has 0 fully saturated rings. The van der Waals surface area contributed by atoms with Crippen molar-refractivity contribution in [3.63, 3.8) is 0 Å². The van der Waals surface area contributed by atoms with Crippen molar-refractivity contribution >= 4 is 5.97 Å². The standard InChI is InChI=1S/C44H84O3/c1-2-3-4-5-6-7-8-9-20-23-26-29-32-35-38-41-44(46)47-43-40-37-34-31-28-25-22-19-17-15-13-11-10-12-14-16-18-21-24-27-30-33-36-39-42-45/h6-7,9,20,45H,2-5,8,10-19,21-43H2,1H3/b7-6-,20-9-. The lowest BCUT2D eigenvalue weighted by Crippen LogP contribution is -2.05. The summed E-state index contributed by atoms with van der Waals surface area (Å²) in [5.74, 6) is 0.00916. The van der Waals surface area contributed by atoms with E-state index < -0.39 is 0 Å². The van der Waals surface area contributed by atoms with Crippen molar-refractivity contribution in [3.05, 3.63) is 24.3 Å². The van der Waals surface area contributed by atoms with Crippen LogP contribution in [0.15, 0.2) is 24.3 Å². The SMILES string of the molecule is CCCCC/C=C\C/C=C\CCCCCCCC(=O)OCCCCCCCCCCCCCCCCCCCCCCCCCCO. The first-order chi connectivity index (χ1) is 23.3. The molecule has 0 radical (unpaired) electrons. The van der Waals surface area contributed by atoms with Gasteiger partial charge in [0.2, 0.25) is 0 Å². The van der Waals surface area contributed by atoms with Crippen LogP contribution in [-0.4, -0.2) is 24.3 Å². The molecule has 0 aliphatic carbocycles. The fraction of sp³-hybridized carbons (Fsp3) is 0.886. The van der Waals surface area contributed by atoms with Gasteiger partial charge in [0, 0.05) is 13.0 Å². The van der Waals surface area contributed by atoms with Crippen LogP contribution in [-0.2, 0) is 9.53 Å².